The molecule has 0 unspecified atom stereocenters. The number of carbonyl (C=O) groups excluding carboxylic acids is 1. The van der Waals surface area contributed by atoms with E-state index < -0.39 is 11.9 Å². The summed E-state index contributed by atoms with van der Waals surface area (Å²) < 4.78 is 0.971. The molecule has 0 saturated heterocycles. The van der Waals surface area contributed by atoms with E-state index in [9.17, 15) is 9.59 Å². The maximum atomic E-state index is 11.8. The number of nitrogens with one attached hydrogen (secondary N) is 2. The second kappa shape index (κ2) is 8.85. The van der Waals surface area contributed by atoms with Gasteiger partial charge in [-0.25, -0.2) is 0 Å². The Morgan fingerprint density at radius 3 is 2.77 bits per heavy atom. The third-order valence-corrected chi connectivity index (χ3v) is 3.65. The SMILES string of the molecule is Cc1cc(N/C=C(/C#N)C(=O)NCCCC(=O)O)ccc1Br. The molecular formula is C15H16BrN3O3. The van der Waals surface area contributed by atoms with Crippen molar-refractivity contribution < 1.29 is 14.7 Å². The van der Waals surface area contributed by atoms with Crippen molar-refractivity contribution in [2.24, 2.45) is 0 Å². The van der Waals surface area contributed by atoms with Crippen molar-refractivity contribution >= 4 is 33.5 Å². The number of benzene rings is 1. The lowest BCUT2D eigenvalue weighted by Crippen LogP contribution is -2.26. The molecule has 0 aliphatic heterocycles. The van der Waals surface area contributed by atoms with Gasteiger partial charge in [0.1, 0.15) is 11.6 Å². The monoisotopic (exact) mass is 365 g/mol. The van der Waals surface area contributed by atoms with Crippen molar-refractivity contribution in [2.75, 3.05) is 11.9 Å². The lowest BCUT2D eigenvalue weighted by Gasteiger charge is -2.06. The van der Waals surface area contributed by atoms with Crippen LogP contribution in [0.4, 0.5) is 5.69 Å². The number of amides is 1. The summed E-state index contributed by atoms with van der Waals surface area (Å²) in [6, 6.07) is 7.36. The first-order valence-electron chi connectivity index (χ1n) is 6.57. The van der Waals surface area contributed by atoms with Crippen molar-refractivity contribution in [1.82, 2.24) is 5.32 Å². The van der Waals surface area contributed by atoms with Crippen LogP contribution in [0.2, 0.25) is 0 Å². The van der Waals surface area contributed by atoms with Crippen LogP contribution in [-0.4, -0.2) is 23.5 Å². The van der Waals surface area contributed by atoms with Gasteiger partial charge in [0.25, 0.3) is 5.91 Å². The average molecular weight is 366 g/mol. The zero-order valence-electron chi connectivity index (χ0n) is 12.0. The van der Waals surface area contributed by atoms with Gasteiger partial charge in [-0.15, -0.1) is 0 Å². The van der Waals surface area contributed by atoms with Crippen molar-refractivity contribution in [3.8, 4) is 6.07 Å². The first-order valence-corrected chi connectivity index (χ1v) is 7.36. The summed E-state index contributed by atoms with van der Waals surface area (Å²) in [6.07, 6.45) is 1.62. The van der Waals surface area contributed by atoms with Crippen molar-refractivity contribution in [2.45, 2.75) is 19.8 Å². The minimum absolute atomic E-state index is 0.0255. The molecule has 0 aliphatic rings. The number of carboxylic acids is 1. The molecular weight excluding hydrogens is 350 g/mol. The molecule has 0 atom stereocenters. The van der Waals surface area contributed by atoms with Gasteiger partial charge in [-0.3, -0.25) is 9.59 Å². The third-order valence-electron chi connectivity index (χ3n) is 2.76. The topological polar surface area (TPSA) is 102 Å². The number of carbonyl (C=O) groups is 2. The van der Waals surface area contributed by atoms with Crippen LogP contribution in [0.3, 0.4) is 0 Å². The number of aryl methyl sites for hydroxylation is 1. The van der Waals surface area contributed by atoms with E-state index in [1.807, 2.05) is 31.2 Å². The molecule has 3 N–H and O–H groups in total. The van der Waals surface area contributed by atoms with E-state index in [1.54, 1.807) is 0 Å². The van der Waals surface area contributed by atoms with E-state index in [1.165, 1.54) is 6.20 Å². The fourth-order valence-corrected chi connectivity index (χ4v) is 1.82. The lowest BCUT2D eigenvalue weighted by atomic mass is 10.2. The van der Waals surface area contributed by atoms with Gasteiger partial charge in [-0.2, -0.15) is 5.26 Å². The van der Waals surface area contributed by atoms with Crippen molar-refractivity contribution in [1.29, 1.82) is 5.26 Å². The lowest BCUT2D eigenvalue weighted by molar-refractivity contribution is -0.137. The highest BCUT2D eigenvalue weighted by atomic mass is 79.9. The Morgan fingerprint density at radius 1 is 1.45 bits per heavy atom. The molecule has 0 saturated carbocycles. The first kappa shape index (κ1) is 17.7. The molecule has 0 aromatic heterocycles. The van der Waals surface area contributed by atoms with E-state index in [0.29, 0.717) is 6.42 Å². The van der Waals surface area contributed by atoms with Gasteiger partial charge in [-0.1, -0.05) is 15.9 Å². The predicted octanol–water partition coefficient (Wildman–Crippen LogP) is 2.56. The summed E-state index contributed by atoms with van der Waals surface area (Å²) in [5.74, 6) is -1.45. The summed E-state index contributed by atoms with van der Waals surface area (Å²) >= 11 is 3.39. The molecule has 0 spiro atoms. The maximum Gasteiger partial charge on any atom is 0.303 e. The van der Waals surface area contributed by atoms with Crippen LogP contribution in [0.5, 0.6) is 0 Å². The first-order chi connectivity index (χ1) is 10.4. The van der Waals surface area contributed by atoms with E-state index in [0.717, 1.165) is 15.7 Å². The van der Waals surface area contributed by atoms with Crippen LogP contribution < -0.4 is 10.6 Å². The summed E-state index contributed by atoms with van der Waals surface area (Å²) in [5.41, 5.74) is 1.71. The number of aliphatic carboxylic acids is 1. The largest absolute Gasteiger partial charge is 0.481 e. The summed E-state index contributed by atoms with van der Waals surface area (Å²) in [4.78, 5) is 22.1. The van der Waals surface area contributed by atoms with Gasteiger partial charge in [0, 0.05) is 29.3 Å². The highest BCUT2D eigenvalue weighted by molar-refractivity contribution is 9.10. The number of hydrogen-bond acceptors (Lipinski definition) is 4. The Kier molecular flexibility index (Phi) is 7.13. The molecule has 7 heteroatoms. The van der Waals surface area contributed by atoms with Gasteiger partial charge < -0.3 is 15.7 Å². The Morgan fingerprint density at radius 2 is 2.18 bits per heavy atom. The van der Waals surface area contributed by atoms with Crippen molar-refractivity contribution in [3.63, 3.8) is 0 Å². The molecule has 0 radical (unpaired) electrons. The fraction of sp³-hybridized carbons (Fsp3) is 0.267. The van der Waals surface area contributed by atoms with Crippen LogP contribution in [0.15, 0.2) is 34.4 Å². The quantitative estimate of drug-likeness (QED) is 0.391. The number of nitriles is 1. The molecule has 0 fully saturated rings. The second-order valence-electron chi connectivity index (χ2n) is 4.53. The Labute approximate surface area is 137 Å². The maximum absolute atomic E-state index is 11.8. The number of rotatable bonds is 7. The van der Waals surface area contributed by atoms with Crippen LogP contribution in [0, 0.1) is 18.3 Å². The smallest absolute Gasteiger partial charge is 0.303 e. The normalized spacial score (nSPS) is 10.7. The number of anilines is 1. The van der Waals surface area contributed by atoms with Gasteiger partial charge >= 0.3 is 5.97 Å². The van der Waals surface area contributed by atoms with Crippen LogP contribution >= 0.6 is 15.9 Å². The zero-order chi connectivity index (χ0) is 16.5. The fourth-order valence-electron chi connectivity index (χ4n) is 1.58. The van der Waals surface area contributed by atoms with Gasteiger partial charge in [0.05, 0.1) is 0 Å². The molecule has 1 aromatic carbocycles. The predicted molar refractivity (Wildman–Crippen MR) is 86.1 cm³/mol. The molecule has 0 aliphatic carbocycles. The minimum Gasteiger partial charge on any atom is -0.481 e. The minimum atomic E-state index is -0.919. The van der Waals surface area contributed by atoms with Crippen LogP contribution in [-0.2, 0) is 9.59 Å². The standard InChI is InChI=1S/C15H16BrN3O3/c1-10-7-12(4-5-13(10)16)19-9-11(8-17)15(22)18-6-2-3-14(20)21/h4-5,7,9,19H,2-3,6H2,1H3,(H,18,22)(H,20,21)/b11-9-. The molecule has 22 heavy (non-hydrogen) atoms. The van der Waals surface area contributed by atoms with Crippen molar-refractivity contribution in [3.05, 3.63) is 40.0 Å². The molecule has 116 valence electrons. The number of hydrogen-bond donors (Lipinski definition) is 3. The van der Waals surface area contributed by atoms with Gasteiger partial charge in [0.2, 0.25) is 0 Å². The Hall–Kier alpha value is -2.33. The number of carboxylic acid groups (broad SMARTS) is 1. The molecule has 6 nitrogen and oxygen atoms in total. The Balaban J connectivity index is 2.58. The third kappa shape index (κ3) is 5.97. The molecule has 1 amide bonds. The number of halogens is 1. The number of nitrogens with zero attached hydrogens (tertiary/aromatic N) is 1. The Bertz CT molecular complexity index is 635. The zero-order valence-corrected chi connectivity index (χ0v) is 13.6. The summed E-state index contributed by atoms with van der Waals surface area (Å²) in [6.45, 7) is 2.14. The molecule has 0 heterocycles. The van der Waals surface area contributed by atoms with Gasteiger partial charge in [0.15, 0.2) is 0 Å². The highest BCUT2D eigenvalue weighted by Crippen LogP contribution is 2.20. The van der Waals surface area contributed by atoms with E-state index >= 15 is 0 Å². The average Bonchev–Trinajstić information content (AvgIpc) is 2.47. The summed E-state index contributed by atoms with van der Waals surface area (Å²) in [5, 5.41) is 22.9. The summed E-state index contributed by atoms with van der Waals surface area (Å²) in [7, 11) is 0. The highest BCUT2D eigenvalue weighted by Gasteiger charge is 2.08. The van der Waals surface area contributed by atoms with Gasteiger partial charge in [-0.05, 0) is 37.1 Å². The van der Waals surface area contributed by atoms with Crippen LogP contribution in [0.25, 0.3) is 0 Å². The molecule has 0 bridgehead atoms. The van der Waals surface area contributed by atoms with E-state index in [4.69, 9.17) is 10.4 Å². The van der Waals surface area contributed by atoms with Crippen LogP contribution in [0.1, 0.15) is 18.4 Å². The molecule has 1 aromatic rings. The second-order valence-corrected chi connectivity index (χ2v) is 5.39. The molecule has 1 rings (SSSR count). The van der Waals surface area contributed by atoms with E-state index in [2.05, 4.69) is 26.6 Å². The van der Waals surface area contributed by atoms with E-state index in [-0.39, 0.29) is 18.5 Å².